The number of nitrogens with zero attached hydrogens (tertiary/aromatic N) is 2. The Hall–Kier alpha value is -4.63. The van der Waals surface area contributed by atoms with Crippen molar-refractivity contribution in [1.29, 1.82) is 0 Å². The summed E-state index contributed by atoms with van der Waals surface area (Å²) < 4.78 is 39.9. The Bertz CT molecular complexity index is 1930. The third kappa shape index (κ3) is 3.93. The molecule has 0 fully saturated rings. The Labute approximate surface area is 231 Å². The van der Waals surface area contributed by atoms with E-state index in [1.54, 1.807) is 29.2 Å². The van der Waals surface area contributed by atoms with Gasteiger partial charge in [0.2, 0.25) is 0 Å². The average molecular weight is 555 g/mol. The summed E-state index contributed by atoms with van der Waals surface area (Å²) in [5.41, 5.74) is 3.47. The highest BCUT2D eigenvalue weighted by Crippen LogP contribution is 2.42. The average Bonchev–Trinajstić information content (AvgIpc) is 3.46. The molecule has 1 aliphatic rings. The van der Waals surface area contributed by atoms with Crippen LogP contribution in [0.2, 0.25) is 0 Å². The SMILES string of the molecule is COC(=O)c1cc2c(c3c4cc(C)ccc4n(S(=O)(=O)c4ccc(OC)cc4)c13)C(=O)N(Cc1ccccc1)C2. The number of carbonyl (C=O) groups is 2. The third-order valence-electron chi connectivity index (χ3n) is 7.31. The van der Waals surface area contributed by atoms with E-state index in [1.807, 2.05) is 49.4 Å². The Morgan fingerprint density at radius 2 is 1.68 bits per heavy atom. The van der Waals surface area contributed by atoms with Gasteiger partial charge in [-0.1, -0.05) is 42.0 Å². The fourth-order valence-electron chi connectivity index (χ4n) is 5.45. The van der Waals surface area contributed by atoms with E-state index in [4.69, 9.17) is 9.47 Å². The summed E-state index contributed by atoms with van der Waals surface area (Å²) in [7, 11) is -1.47. The molecule has 1 amide bonds. The second kappa shape index (κ2) is 9.53. The number of hydrogen-bond donors (Lipinski definition) is 0. The minimum atomic E-state index is -4.22. The predicted octanol–water partition coefficient (Wildman–Crippen LogP) is 5.29. The van der Waals surface area contributed by atoms with Gasteiger partial charge in [-0.05, 0) is 60.5 Å². The van der Waals surface area contributed by atoms with E-state index in [1.165, 1.54) is 30.3 Å². The van der Waals surface area contributed by atoms with Crippen molar-refractivity contribution < 1.29 is 27.5 Å². The molecule has 40 heavy (non-hydrogen) atoms. The van der Waals surface area contributed by atoms with Crippen molar-refractivity contribution in [3.8, 4) is 5.75 Å². The second-order valence-electron chi connectivity index (χ2n) is 9.79. The molecule has 5 aromatic rings. The number of methoxy groups -OCH3 is 2. The summed E-state index contributed by atoms with van der Waals surface area (Å²) in [5, 5.41) is 0.998. The number of rotatable bonds is 6. The molecule has 0 radical (unpaired) electrons. The molecule has 202 valence electrons. The van der Waals surface area contributed by atoms with E-state index < -0.39 is 16.0 Å². The molecule has 4 aromatic carbocycles. The Kier molecular flexibility index (Phi) is 6.11. The van der Waals surface area contributed by atoms with Gasteiger partial charge in [-0.3, -0.25) is 4.79 Å². The molecule has 1 aromatic heterocycles. The molecular formula is C31H26N2O6S. The summed E-state index contributed by atoms with van der Waals surface area (Å²) in [5.74, 6) is -0.399. The predicted molar refractivity (Wildman–Crippen MR) is 151 cm³/mol. The zero-order valence-electron chi connectivity index (χ0n) is 22.2. The molecule has 2 heterocycles. The summed E-state index contributed by atoms with van der Waals surface area (Å²) in [6.45, 7) is 2.56. The van der Waals surface area contributed by atoms with Crippen molar-refractivity contribution in [2.45, 2.75) is 24.9 Å². The number of aryl methyl sites for hydroxylation is 1. The molecule has 0 aliphatic carbocycles. The second-order valence-corrected chi connectivity index (χ2v) is 11.6. The molecule has 0 bridgehead atoms. The molecular weight excluding hydrogens is 528 g/mol. The monoisotopic (exact) mass is 554 g/mol. The maximum atomic E-state index is 14.2. The van der Waals surface area contributed by atoms with Crippen LogP contribution in [0, 0.1) is 6.92 Å². The molecule has 0 saturated heterocycles. The van der Waals surface area contributed by atoms with Crippen molar-refractivity contribution in [3.05, 3.63) is 107 Å². The number of amides is 1. The number of aromatic nitrogens is 1. The van der Waals surface area contributed by atoms with Crippen LogP contribution in [0.5, 0.6) is 5.75 Å². The normalized spacial score (nSPS) is 13.2. The maximum absolute atomic E-state index is 14.2. The minimum absolute atomic E-state index is 0.0148. The highest BCUT2D eigenvalue weighted by molar-refractivity contribution is 7.90. The summed E-state index contributed by atoms with van der Waals surface area (Å²) >= 11 is 0. The van der Waals surface area contributed by atoms with E-state index in [0.29, 0.717) is 39.7 Å². The van der Waals surface area contributed by atoms with Crippen LogP contribution in [0.15, 0.2) is 83.8 Å². The number of esters is 1. The quantitative estimate of drug-likeness (QED) is 0.265. The van der Waals surface area contributed by atoms with Crippen molar-refractivity contribution in [3.63, 3.8) is 0 Å². The van der Waals surface area contributed by atoms with Gasteiger partial charge in [0.05, 0.1) is 41.3 Å². The zero-order chi connectivity index (χ0) is 28.2. The number of benzene rings is 4. The van der Waals surface area contributed by atoms with Gasteiger partial charge in [0.25, 0.3) is 15.9 Å². The fourth-order valence-corrected chi connectivity index (χ4v) is 6.99. The van der Waals surface area contributed by atoms with Crippen LogP contribution in [0.25, 0.3) is 21.8 Å². The first kappa shape index (κ1) is 25.6. The number of ether oxygens (including phenoxy) is 2. The lowest BCUT2D eigenvalue weighted by atomic mass is 9.98. The van der Waals surface area contributed by atoms with Crippen LogP contribution >= 0.6 is 0 Å². The first-order valence-electron chi connectivity index (χ1n) is 12.7. The van der Waals surface area contributed by atoms with Crippen LogP contribution in [-0.2, 0) is 27.8 Å². The van der Waals surface area contributed by atoms with Gasteiger partial charge in [-0.2, -0.15) is 0 Å². The Balaban J connectivity index is 1.67. The zero-order valence-corrected chi connectivity index (χ0v) is 23.0. The van der Waals surface area contributed by atoms with Crippen molar-refractivity contribution in [2.75, 3.05) is 14.2 Å². The first-order valence-corrected chi connectivity index (χ1v) is 14.1. The Morgan fingerprint density at radius 3 is 2.35 bits per heavy atom. The van der Waals surface area contributed by atoms with Crippen LogP contribution in [0.1, 0.15) is 37.4 Å². The van der Waals surface area contributed by atoms with Gasteiger partial charge in [-0.15, -0.1) is 0 Å². The maximum Gasteiger partial charge on any atom is 0.340 e. The summed E-state index contributed by atoms with van der Waals surface area (Å²) in [6.07, 6.45) is 0. The van der Waals surface area contributed by atoms with Crippen molar-refractivity contribution in [1.82, 2.24) is 8.87 Å². The molecule has 0 unspecified atom stereocenters. The molecule has 0 atom stereocenters. The Morgan fingerprint density at radius 1 is 0.950 bits per heavy atom. The highest BCUT2D eigenvalue weighted by atomic mass is 32.2. The fraction of sp³-hybridized carbons (Fsp3) is 0.161. The van der Waals surface area contributed by atoms with Crippen LogP contribution in [-0.4, -0.2) is 43.4 Å². The van der Waals surface area contributed by atoms with Crippen molar-refractivity contribution in [2.24, 2.45) is 0 Å². The third-order valence-corrected chi connectivity index (χ3v) is 9.03. The number of carbonyl (C=O) groups excluding carboxylic acids is 2. The van der Waals surface area contributed by atoms with E-state index in [0.717, 1.165) is 11.1 Å². The van der Waals surface area contributed by atoms with Crippen LogP contribution < -0.4 is 4.74 Å². The molecule has 8 nitrogen and oxygen atoms in total. The molecule has 1 aliphatic heterocycles. The van der Waals surface area contributed by atoms with Gasteiger partial charge in [0, 0.05) is 23.9 Å². The molecule has 0 N–H and O–H groups in total. The van der Waals surface area contributed by atoms with Gasteiger partial charge in [0.1, 0.15) is 5.75 Å². The van der Waals surface area contributed by atoms with Crippen molar-refractivity contribution >= 4 is 43.7 Å². The van der Waals surface area contributed by atoms with Gasteiger partial charge >= 0.3 is 5.97 Å². The van der Waals surface area contributed by atoms with Gasteiger partial charge in [0.15, 0.2) is 0 Å². The highest BCUT2D eigenvalue weighted by Gasteiger charge is 2.36. The lowest BCUT2D eigenvalue weighted by Crippen LogP contribution is -2.23. The van der Waals surface area contributed by atoms with Gasteiger partial charge < -0.3 is 14.4 Å². The van der Waals surface area contributed by atoms with Crippen LogP contribution in [0.3, 0.4) is 0 Å². The topological polar surface area (TPSA) is 94.9 Å². The number of fused-ring (bicyclic) bond motifs is 5. The molecule has 9 heteroatoms. The van der Waals surface area contributed by atoms with E-state index in [9.17, 15) is 18.0 Å². The summed E-state index contributed by atoms with van der Waals surface area (Å²) in [6, 6.07) is 22.6. The summed E-state index contributed by atoms with van der Waals surface area (Å²) in [4.78, 5) is 28.8. The molecule has 0 spiro atoms. The van der Waals surface area contributed by atoms with E-state index in [2.05, 4.69) is 0 Å². The minimum Gasteiger partial charge on any atom is -0.497 e. The van der Waals surface area contributed by atoms with Crippen LogP contribution in [0.4, 0.5) is 0 Å². The molecule has 6 rings (SSSR count). The smallest absolute Gasteiger partial charge is 0.340 e. The van der Waals surface area contributed by atoms with Gasteiger partial charge in [-0.25, -0.2) is 17.2 Å². The lowest BCUT2D eigenvalue weighted by Gasteiger charge is -2.15. The van der Waals surface area contributed by atoms with E-state index in [-0.39, 0.29) is 28.4 Å². The standard InChI is InChI=1S/C31H26N2O6S/c1-19-9-14-26-24(15-19)28-27-21(18-32(30(27)34)17-20-7-5-4-6-8-20)16-25(31(35)39-3)29(28)33(26)40(36,37)23-12-10-22(38-2)11-13-23/h4-16H,17-18H2,1-3H3. The first-order chi connectivity index (χ1) is 19.2. The largest absolute Gasteiger partial charge is 0.497 e. The number of hydrogen-bond acceptors (Lipinski definition) is 6. The lowest BCUT2D eigenvalue weighted by molar-refractivity contribution is 0.0602. The van der Waals surface area contributed by atoms with E-state index >= 15 is 0 Å². The molecule has 0 saturated carbocycles.